The van der Waals surface area contributed by atoms with Crippen molar-refractivity contribution in [1.82, 2.24) is 5.32 Å². The lowest BCUT2D eigenvalue weighted by Crippen LogP contribution is -2.40. The van der Waals surface area contributed by atoms with Crippen molar-refractivity contribution in [3.63, 3.8) is 0 Å². The molecule has 2 rings (SSSR count). The van der Waals surface area contributed by atoms with Gasteiger partial charge in [-0.15, -0.1) is 0 Å². The van der Waals surface area contributed by atoms with Crippen molar-refractivity contribution < 1.29 is 14.3 Å². The van der Waals surface area contributed by atoms with Gasteiger partial charge in [0.25, 0.3) is 0 Å². The predicted octanol–water partition coefficient (Wildman–Crippen LogP) is 3.41. The van der Waals surface area contributed by atoms with E-state index >= 15 is 0 Å². The second-order valence-electron chi connectivity index (χ2n) is 5.82. The molecule has 1 aromatic carbocycles. The molecule has 0 radical (unpaired) electrons. The number of carbonyl (C=O) groups excluding carboxylic acids is 1. The molecule has 1 aliphatic rings. The fourth-order valence-corrected chi connectivity index (χ4v) is 2.88. The van der Waals surface area contributed by atoms with Crippen molar-refractivity contribution >= 4 is 12.0 Å². The molecule has 1 aliphatic carbocycles. The van der Waals surface area contributed by atoms with Crippen LogP contribution in [0.1, 0.15) is 38.2 Å². The largest absolute Gasteiger partial charge is 0.497 e. The number of ether oxygens (including phenoxy) is 2. The lowest BCUT2D eigenvalue weighted by Gasteiger charge is -2.29. The molecule has 0 aromatic heterocycles. The van der Waals surface area contributed by atoms with Crippen LogP contribution in [-0.4, -0.2) is 26.2 Å². The minimum absolute atomic E-state index is 0.0448. The van der Waals surface area contributed by atoms with Crippen molar-refractivity contribution in [1.29, 1.82) is 0 Å². The van der Waals surface area contributed by atoms with Crippen LogP contribution in [0.25, 0.3) is 6.08 Å². The quantitative estimate of drug-likeness (QED) is 0.848. The van der Waals surface area contributed by atoms with Crippen molar-refractivity contribution in [3.8, 4) is 11.5 Å². The molecular formula is C18H25NO3. The number of carbonyl (C=O) groups is 1. The van der Waals surface area contributed by atoms with E-state index < -0.39 is 0 Å². The summed E-state index contributed by atoms with van der Waals surface area (Å²) in [6.07, 6.45) is 8.10. The van der Waals surface area contributed by atoms with E-state index in [-0.39, 0.29) is 5.91 Å². The van der Waals surface area contributed by atoms with Crippen LogP contribution < -0.4 is 14.8 Å². The van der Waals surface area contributed by atoms with E-state index in [2.05, 4.69) is 12.2 Å². The molecule has 4 heteroatoms. The second-order valence-corrected chi connectivity index (χ2v) is 5.82. The average Bonchev–Trinajstić information content (AvgIpc) is 2.55. The molecule has 0 bridgehead atoms. The van der Waals surface area contributed by atoms with Gasteiger partial charge in [0.2, 0.25) is 5.91 Å². The lowest BCUT2D eigenvalue weighted by atomic mass is 9.86. The Bertz CT molecular complexity index is 539. The summed E-state index contributed by atoms with van der Waals surface area (Å²) >= 11 is 0. The first-order valence-corrected chi connectivity index (χ1v) is 7.84. The van der Waals surface area contributed by atoms with Gasteiger partial charge in [0.1, 0.15) is 11.5 Å². The summed E-state index contributed by atoms with van der Waals surface area (Å²) < 4.78 is 10.5. The van der Waals surface area contributed by atoms with Crippen molar-refractivity contribution in [2.45, 2.75) is 38.6 Å². The summed E-state index contributed by atoms with van der Waals surface area (Å²) in [5.74, 6) is 1.93. The number of amides is 1. The van der Waals surface area contributed by atoms with Crippen LogP contribution in [0.2, 0.25) is 0 Å². The topological polar surface area (TPSA) is 47.6 Å². The zero-order chi connectivity index (χ0) is 15.9. The number of benzene rings is 1. The highest BCUT2D eigenvalue weighted by molar-refractivity contribution is 5.92. The van der Waals surface area contributed by atoms with Gasteiger partial charge in [-0.05, 0) is 37.0 Å². The maximum Gasteiger partial charge on any atom is 0.244 e. The zero-order valence-corrected chi connectivity index (χ0v) is 13.6. The standard InChI is InChI=1S/C18H25NO3/c1-13-6-4-5-7-16(13)19-18(20)11-9-14-8-10-15(21-2)12-17(14)22-3/h8-13,16H,4-7H2,1-3H3,(H,19,20)/b11-9+/t13-,16+/m1/s1. The Morgan fingerprint density at radius 2 is 2.00 bits per heavy atom. The Labute approximate surface area is 132 Å². The van der Waals surface area contributed by atoms with Crippen LogP contribution >= 0.6 is 0 Å². The van der Waals surface area contributed by atoms with Crippen LogP contribution in [-0.2, 0) is 4.79 Å². The Morgan fingerprint density at radius 1 is 1.23 bits per heavy atom. The minimum atomic E-state index is -0.0448. The van der Waals surface area contributed by atoms with E-state index in [4.69, 9.17) is 9.47 Å². The third-order valence-corrected chi connectivity index (χ3v) is 4.29. The van der Waals surface area contributed by atoms with Crippen LogP contribution in [0.3, 0.4) is 0 Å². The van der Waals surface area contributed by atoms with E-state index in [1.165, 1.54) is 19.3 Å². The average molecular weight is 303 g/mol. The molecule has 1 saturated carbocycles. The van der Waals surface area contributed by atoms with Gasteiger partial charge in [-0.2, -0.15) is 0 Å². The highest BCUT2D eigenvalue weighted by Gasteiger charge is 2.21. The summed E-state index contributed by atoms with van der Waals surface area (Å²) in [4.78, 5) is 12.1. The molecule has 1 N–H and O–H groups in total. The first kappa shape index (κ1) is 16.4. The molecule has 1 amide bonds. The van der Waals surface area contributed by atoms with E-state index in [1.807, 2.05) is 12.1 Å². The molecule has 0 spiro atoms. The summed E-state index contributed by atoms with van der Waals surface area (Å²) in [6.45, 7) is 2.21. The first-order chi connectivity index (χ1) is 10.6. The Morgan fingerprint density at radius 3 is 2.68 bits per heavy atom. The Kier molecular flexibility index (Phi) is 5.87. The number of hydrogen-bond donors (Lipinski definition) is 1. The molecule has 2 atom stereocenters. The maximum absolute atomic E-state index is 12.1. The molecule has 22 heavy (non-hydrogen) atoms. The summed E-state index contributed by atoms with van der Waals surface area (Å²) in [5.41, 5.74) is 0.857. The summed E-state index contributed by atoms with van der Waals surface area (Å²) in [7, 11) is 3.22. The van der Waals surface area contributed by atoms with E-state index in [0.29, 0.717) is 17.7 Å². The minimum Gasteiger partial charge on any atom is -0.497 e. The molecule has 1 fully saturated rings. The lowest BCUT2D eigenvalue weighted by molar-refractivity contribution is -0.117. The smallest absolute Gasteiger partial charge is 0.244 e. The van der Waals surface area contributed by atoms with Gasteiger partial charge in [-0.25, -0.2) is 0 Å². The van der Waals surface area contributed by atoms with Gasteiger partial charge >= 0.3 is 0 Å². The van der Waals surface area contributed by atoms with Crippen LogP contribution in [0, 0.1) is 5.92 Å². The molecule has 0 saturated heterocycles. The third-order valence-electron chi connectivity index (χ3n) is 4.29. The number of rotatable bonds is 5. The highest BCUT2D eigenvalue weighted by atomic mass is 16.5. The Balaban J connectivity index is 2.00. The van der Waals surface area contributed by atoms with Gasteiger partial charge < -0.3 is 14.8 Å². The molecular weight excluding hydrogens is 278 g/mol. The van der Waals surface area contributed by atoms with Gasteiger partial charge in [0.05, 0.1) is 14.2 Å². The second kappa shape index (κ2) is 7.87. The highest BCUT2D eigenvalue weighted by Crippen LogP contribution is 2.26. The predicted molar refractivity (Wildman–Crippen MR) is 88.1 cm³/mol. The molecule has 0 unspecified atom stereocenters. The summed E-state index contributed by atoms with van der Waals surface area (Å²) in [6, 6.07) is 5.83. The van der Waals surface area contributed by atoms with Crippen LogP contribution in [0.5, 0.6) is 11.5 Å². The molecule has 0 heterocycles. The first-order valence-electron chi connectivity index (χ1n) is 7.84. The van der Waals surface area contributed by atoms with Crippen molar-refractivity contribution in [2.24, 2.45) is 5.92 Å². The van der Waals surface area contributed by atoms with Crippen LogP contribution in [0.4, 0.5) is 0 Å². The number of methoxy groups -OCH3 is 2. The summed E-state index contributed by atoms with van der Waals surface area (Å²) in [5, 5.41) is 3.11. The van der Waals surface area contributed by atoms with Gasteiger partial charge in [0, 0.05) is 23.7 Å². The normalized spacial score (nSPS) is 21.6. The fraction of sp³-hybridized carbons (Fsp3) is 0.500. The molecule has 4 nitrogen and oxygen atoms in total. The van der Waals surface area contributed by atoms with Gasteiger partial charge in [-0.3, -0.25) is 4.79 Å². The molecule has 1 aromatic rings. The number of hydrogen-bond acceptors (Lipinski definition) is 3. The maximum atomic E-state index is 12.1. The van der Waals surface area contributed by atoms with Crippen molar-refractivity contribution in [2.75, 3.05) is 14.2 Å². The molecule has 120 valence electrons. The van der Waals surface area contributed by atoms with Crippen molar-refractivity contribution in [3.05, 3.63) is 29.8 Å². The zero-order valence-electron chi connectivity index (χ0n) is 13.6. The van der Waals surface area contributed by atoms with E-state index in [0.717, 1.165) is 17.7 Å². The SMILES string of the molecule is COc1ccc(/C=C/C(=O)N[C@H]2CCCC[C@H]2C)c(OC)c1. The molecule has 0 aliphatic heterocycles. The fourth-order valence-electron chi connectivity index (χ4n) is 2.88. The van der Waals surface area contributed by atoms with Gasteiger partial charge in [0.15, 0.2) is 0 Å². The third kappa shape index (κ3) is 4.26. The Hall–Kier alpha value is -1.97. The van der Waals surface area contributed by atoms with Gasteiger partial charge in [-0.1, -0.05) is 19.8 Å². The number of nitrogens with one attached hydrogen (secondary N) is 1. The van der Waals surface area contributed by atoms with E-state index in [9.17, 15) is 4.79 Å². The monoisotopic (exact) mass is 303 g/mol. The van der Waals surface area contributed by atoms with Crippen LogP contribution in [0.15, 0.2) is 24.3 Å². The van der Waals surface area contributed by atoms with E-state index in [1.54, 1.807) is 32.4 Å².